The molecule has 4 rings (SSSR count). The van der Waals surface area contributed by atoms with Gasteiger partial charge in [-0.1, -0.05) is 30.3 Å². The van der Waals surface area contributed by atoms with Gasteiger partial charge in [0, 0.05) is 24.8 Å². The Balaban J connectivity index is 1.64. The summed E-state index contributed by atoms with van der Waals surface area (Å²) in [6.45, 7) is 0.0429. The van der Waals surface area contributed by atoms with Gasteiger partial charge in [-0.2, -0.15) is 8.42 Å². The third-order valence-electron chi connectivity index (χ3n) is 5.43. The number of non-ortho nitro benzene ring substituents is 1. The van der Waals surface area contributed by atoms with E-state index < -0.39 is 58.0 Å². The molecule has 12 nitrogen and oxygen atoms in total. The quantitative estimate of drug-likeness (QED) is 0.233. The van der Waals surface area contributed by atoms with Crippen LogP contribution in [0.1, 0.15) is 22.2 Å². The van der Waals surface area contributed by atoms with E-state index in [-0.39, 0.29) is 17.9 Å². The lowest BCUT2D eigenvalue weighted by Gasteiger charge is -2.47. The second kappa shape index (κ2) is 10.4. The van der Waals surface area contributed by atoms with Crippen LogP contribution in [0.4, 0.5) is 5.69 Å². The van der Waals surface area contributed by atoms with Crippen LogP contribution in [0.2, 0.25) is 0 Å². The number of fused-ring (bicyclic) bond motifs is 1. The molecule has 188 valence electrons. The maximum Gasteiger partial charge on any atom is 0.338 e. The monoisotopic (exact) mass is 509 g/mol. The molecular weight excluding hydrogens is 486 g/mol. The van der Waals surface area contributed by atoms with Crippen LogP contribution < -0.4 is 0 Å². The van der Waals surface area contributed by atoms with Gasteiger partial charge in [-0.05, 0) is 12.1 Å². The van der Waals surface area contributed by atoms with E-state index in [1.165, 1.54) is 19.2 Å². The van der Waals surface area contributed by atoms with Gasteiger partial charge in [0.1, 0.15) is 12.2 Å². The van der Waals surface area contributed by atoms with Crippen molar-refractivity contribution >= 4 is 21.8 Å². The predicted octanol–water partition coefficient (Wildman–Crippen LogP) is 1.95. The maximum absolute atomic E-state index is 13.0. The SMILES string of the molecule is COC1OC2COC(c3ccccc3)OC2C(OC(=O)c2ccc([N+](=O)[O-])cc2)C1OS(C)(=O)=O. The van der Waals surface area contributed by atoms with Crippen LogP contribution in [0.25, 0.3) is 0 Å². The molecule has 2 saturated heterocycles. The molecule has 35 heavy (non-hydrogen) atoms. The summed E-state index contributed by atoms with van der Waals surface area (Å²) in [6.07, 6.45) is -5.64. The molecule has 13 heteroatoms. The van der Waals surface area contributed by atoms with Gasteiger partial charge in [-0.15, -0.1) is 0 Å². The zero-order valence-corrected chi connectivity index (χ0v) is 19.5. The number of esters is 1. The number of methoxy groups -OCH3 is 1. The molecule has 0 bridgehead atoms. The van der Waals surface area contributed by atoms with Crippen LogP contribution in [-0.2, 0) is 38.0 Å². The van der Waals surface area contributed by atoms with Gasteiger partial charge >= 0.3 is 5.97 Å². The highest BCUT2D eigenvalue weighted by molar-refractivity contribution is 7.86. The van der Waals surface area contributed by atoms with Gasteiger partial charge < -0.3 is 23.7 Å². The number of hydrogen-bond donors (Lipinski definition) is 0. The summed E-state index contributed by atoms with van der Waals surface area (Å²) in [5.74, 6) is -0.867. The Morgan fingerprint density at radius 2 is 1.74 bits per heavy atom. The fourth-order valence-electron chi connectivity index (χ4n) is 3.87. The van der Waals surface area contributed by atoms with Gasteiger partial charge in [-0.3, -0.25) is 14.3 Å². The Hall–Kier alpha value is -2.94. The Labute approximate surface area is 200 Å². The summed E-state index contributed by atoms with van der Waals surface area (Å²) in [4.78, 5) is 23.3. The number of carbonyl (C=O) groups is 1. The van der Waals surface area contributed by atoms with Gasteiger partial charge in [-0.25, -0.2) is 4.79 Å². The molecule has 0 radical (unpaired) electrons. The van der Waals surface area contributed by atoms with Crippen molar-refractivity contribution in [2.75, 3.05) is 20.0 Å². The first kappa shape index (κ1) is 25.2. The van der Waals surface area contributed by atoms with Crippen molar-refractivity contribution in [3.63, 3.8) is 0 Å². The van der Waals surface area contributed by atoms with Gasteiger partial charge in [0.15, 0.2) is 24.8 Å². The highest BCUT2D eigenvalue weighted by Crippen LogP contribution is 2.37. The second-order valence-electron chi connectivity index (χ2n) is 7.89. The van der Waals surface area contributed by atoms with E-state index in [2.05, 4.69) is 0 Å². The number of benzene rings is 2. The molecule has 0 N–H and O–H groups in total. The van der Waals surface area contributed by atoms with Crippen molar-refractivity contribution in [1.29, 1.82) is 0 Å². The normalized spacial score (nSPS) is 28.6. The van der Waals surface area contributed by atoms with Gasteiger partial charge in [0.25, 0.3) is 15.8 Å². The van der Waals surface area contributed by atoms with Crippen molar-refractivity contribution in [2.24, 2.45) is 0 Å². The number of carbonyl (C=O) groups excluding carboxylic acids is 1. The first-order chi connectivity index (χ1) is 16.7. The molecule has 2 heterocycles. The lowest BCUT2D eigenvalue weighted by atomic mass is 9.97. The standard InChI is InChI=1S/C22H23NO11S/c1-29-22-19(34-35(2,27)28)18(32-20(24)13-8-10-15(11-9-13)23(25)26)17-16(31-22)12-30-21(33-17)14-6-4-3-5-7-14/h3-11,16-19,21-22H,12H2,1-2H3. The summed E-state index contributed by atoms with van der Waals surface area (Å²) in [7, 11) is -2.74. The zero-order chi connectivity index (χ0) is 25.2. The van der Waals surface area contributed by atoms with Gasteiger partial charge in [0.2, 0.25) is 0 Å². The van der Waals surface area contributed by atoms with Crippen LogP contribution in [0.15, 0.2) is 54.6 Å². The molecule has 6 atom stereocenters. The molecule has 2 fully saturated rings. The number of nitro benzene ring substituents is 1. The van der Waals surface area contributed by atoms with E-state index in [4.69, 9.17) is 27.9 Å². The Morgan fingerprint density at radius 1 is 1.06 bits per heavy atom. The fraction of sp³-hybridized carbons (Fsp3) is 0.409. The maximum atomic E-state index is 13.0. The minimum atomic E-state index is -4.03. The zero-order valence-electron chi connectivity index (χ0n) is 18.7. The topological polar surface area (TPSA) is 150 Å². The Bertz CT molecular complexity index is 1160. The minimum Gasteiger partial charge on any atom is -0.453 e. The number of hydrogen-bond acceptors (Lipinski definition) is 11. The second-order valence-corrected chi connectivity index (χ2v) is 9.49. The van der Waals surface area contributed by atoms with Crippen LogP contribution in [0, 0.1) is 10.1 Å². The van der Waals surface area contributed by atoms with E-state index in [1.54, 1.807) is 24.3 Å². The van der Waals surface area contributed by atoms with Crippen molar-refractivity contribution in [1.82, 2.24) is 0 Å². The number of nitrogens with zero attached hydrogens (tertiary/aromatic N) is 1. The number of rotatable bonds is 7. The average Bonchev–Trinajstić information content (AvgIpc) is 2.84. The summed E-state index contributed by atoms with van der Waals surface area (Å²) < 4.78 is 57.8. The molecule has 0 saturated carbocycles. The Kier molecular flexibility index (Phi) is 7.44. The molecule has 2 aliphatic rings. The average molecular weight is 509 g/mol. The lowest BCUT2D eigenvalue weighted by molar-refractivity contribution is -0.384. The molecular formula is C22H23NO11S. The number of ether oxygens (including phenoxy) is 5. The fourth-order valence-corrected chi connectivity index (χ4v) is 4.47. The summed E-state index contributed by atoms with van der Waals surface area (Å²) in [6, 6.07) is 13.8. The Morgan fingerprint density at radius 3 is 2.34 bits per heavy atom. The molecule has 0 aliphatic carbocycles. The first-order valence-corrected chi connectivity index (χ1v) is 12.3. The molecule has 2 aliphatic heterocycles. The van der Waals surface area contributed by atoms with Gasteiger partial charge in [0.05, 0.1) is 23.3 Å². The molecule has 0 amide bonds. The highest BCUT2D eigenvalue weighted by Gasteiger charge is 2.54. The molecule has 0 spiro atoms. The van der Waals surface area contributed by atoms with Crippen LogP contribution in [0.5, 0.6) is 0 Å². The van der Waals surface area contributed by atoms with Crippen LogP contribution >= 0.6 is 0 Å². The van der Waals surface area contributed by atoms with E-state index in [0.29, 0.717) is 5.56 Å². The van der Waals surface area contributed by atoms with Crippen molar-refractivity contribution < 1.29 is 46.0 Å². The van der Waals surface area contributed by atoms with Crippen molar-refractivity contribution in [3.05, 3.63) is 75.8 Å². The van der Waals surface area contributed by atoms with E-state index in [1.807, 2.05) is 6.07 Å². The van der Waals surface area contributed by atoms with Crippen molar-refractivity contribution in [3.8, 4) is 0 Å². The third-order valence-corrected chi connectivity index (χ3v) is 6.00. The van der Waals surface area contributed by atoms with Crippen LogP contribution in [0.3, 0.4) is 0 Å². The largest absolute Gasteiger partial charge is 0.453 e. The smallest absolute Gasteiger partial charge is 0.338 e. The highest BCUT2D eigenvalue weighted by atomic mass is 32.2. The first-order valence-electron chi connectivity index (χ1n) is 10.5. The predicted molar refractivity (Wildman–Crippen MR) is 118 cm³/mol. The summed E-state index contributed by atoms with van der Waals surface area (Å²) in [5.41, 5.74) is 0.502. The van der Waals surface area contributed by atoms with E-state index in [0.717, 1.165) is 18.4 Å². The molecule has 6 unspecified atom stereocenters. The number of nitro groups is 1. The van der Waals surface area contributed by atoms with Crippen molar-refractivity contribution in [2.45, 2.75) is 37.0 Å². The lowest BCUT2D eigenvalue weighted by Crippen LogP contribution is -2.64. The van der Waals surface area contributed by atoms with E-state index >= 15 is 0 Å². The third kappa shape index (κ3) is 5.83. The minimum absolute atomic E-state index is 0.0115. The van der Waals surface area contributed by atoms with E-state index in [9.17, 15) is 23.3 Å². The molecule has 0 aromatic heterocycles. The summed E-state index contributed by atoms with van der Waals surface area (Å²) >= 11 is 0. The molecule has 2 aromatic carbocycles. The molecule has 2 aromatic rings. The van der Waals surface area contributed by atoms with Crippen LogP contribution in [-0.4, -0.2) is 70.0 Å². The summed E-state index contributed by atoms with van der Waals surface area (Å²) in [5, 5.41) is 10.9.